The summed E-state index contributed by atoms with van der Waals surface area (Å²) in [5, 5.41) is 5.18. The number of nitrogens with one attached hydrogen (secondary N) is 1. The van der Waals surface area contributed by atoms with Gasteiger partial charge in [-0.1, -0.05) is 18.2 Å². The van der Waals surface area contributed by atoms with E-state index in [0.717, 1.165) is 22.0 Å². The van der Waals surface area contributed by atoms with Crippen molar-refractivity contribution in [1.29, 1.82) is 0 Å². The third kappa shape index (κ3) is 3.32. The molecule has 0 saturated carbocycles. The summed E-state index contributed by atoms with van der Waals surface area (Å²) in [7, 11) is 0. The number of nitrogens with zero attached hydrogens (tertiary/aromatic N) is 5. The zero-order valence-electron chi connectivity index (χ0n) is 13.2. The molecule has 0 atom stereocenters. The van der Waals surface area contributed by atoms with E-state index < -0.39 is 0 Å². The predicted molar refractivity (Wildman–Crippen MR) is 98.2 cm³/mol. The van der Waals surface area contributed by atoms with Gasteiger partial charge in [-0.05, 0) is 30.3 Å². The average Bonchev–Trinajstić information content (AvgIpc) is 2.69. The highest BCUT2D eigenvalue weighted by molar-refractivity contribution is 5.91. The number of hydrogen-bond acceptors (Lipinski definition) is 6. The molecule has 25 heavy (non-hydrogen) atoms. The lowest BCUT2D eigenvalue weighted by Crippen LogP contribution is -1.99. The quantitative estimate of drug-likeness (QED) is 0.458. The second kappa shape index (κ2) is 6.84. The molecular weight excluding hydrogens is 312 g/mol. The molecule has 6 heteroatoms. The minimum atomic E-state index is 0.603. The zero-order valence-corrected chi connectivity index (χ0v) is 13.2. The van der Waals surface area contributed by atoms with Gasteiger partial charge in [0, 0.05) is 41.3 Å². The minimum Gasteiger partial charge on any atom is -0.264 e. The van der Waals surface area contributed by atoms with Gasteiger partial charge in [0.1, 0.15) is 0 Å². The number of aromatic nitrogens is 4. The van der Waals surface area contributed by atoms with E-state index in [2.05, 4.69) is 30.5 Å². The van der Waals surface area contributed by atoms with E-state index in [1.165, 1.54) is 0 Å². The second-order valence-electron chi connectivity index (χ2n) is 5.31. The Kier molecular flexibility index (Phi) is 4.07. The van der Waals surface area contributed by atoms with Crippen molar-refractivity contribution in [2.24, 2.45) is 5.10 Å². The molecule has 0 aliphatic rings. The first-order chi connectivity index (χ1) is 12.4. The predicted octanol–water partition coefficient (Wildman–Crippen LogP) is 3.53. The Morgan fingerprint density at radius 1 is 0.840 bits per heavy atom. The van der Waals surface area contributed by atoms with Gasteiger partial charge in [-0.25, -0.2) is 9.97 Å². The average molecular weight is 326 g/mol. The van der Waals surface area contributed by atoms with E-state index in [1.54, 1.807) is 31.0 Å². The van der Waals surface area contributed by atoms with E-state index in [-0.39, 0.29) is 0 Å². The van der Waals surface area contributed by atoms with Crippen molar-refractivity contribution in [3.8, 4) is 11.4 Å². The van der Waals surface area contributed by atoms with Crippen LogP contribution in [-0.4, -0.2) is 26.2 Å². The van der Waals surface area contributed by atoms with Crippen LogP contribution in [0.25, 0.3) is 22.3 Å². The number of rotatable bonds is 4. The lowest BCUT2D eigenvalue weighted by Gasteiger charge is -2.07. The number of para-hydroxylation sites is 1. The van der Waals surface area contributed by atoms with E-state index >= 15 is 0 Å². The van der Waals surface area contributed by atoms with Gasteiger partial charge >= 0.3 is 0 Å². The van der Waals surface area contributed by atoms with Crippen LogP contribution in [0.4, 0.5) is 5.82 Å². The van der Waals surface area contributed by atoms with Crippen LogP contribution in [-0.2, 0) is 0 Å². The first-order valence-corrected chi connectivity index (χ1v) is 7.76. The number of fused-ring (bicyclic) bond motifs is 1. The van der Waals surface area contributed by atoms with Crippen LogP contribution >= 0.6 is 0 Å². The highest BCUT2D eigenvalue weighted by Gasteiger charge is 2.08. The van der Waals surface area contributed by atoms with Crippen molar-refractivity contribution in [2.75, 3.05) is 5.43 Å². The number of hydrogen-bond donors (Lipinski definition) is 1. The largest absolute Gasteiger partial charge is 0.264 e. The van der Waals surface area contributed by atoms with Gasteiger partial charge in [0.05, 0.1) is 11.7 Å². The van der Waals surface area contributed by atoms with Crippen molar-refractivity contribution in [1.82, 2.24) is 19.9 Å². The lowest BCUT2D eigenvalue weighted by molar-refractivity contribution is 1.18. The summed E-state index contributed by atoms with van der Waals surface area (Å²) in [6.07, 6.45) is 8.63. The van der Waals surface area contributed by atoms with Gasteiger partial charge in [0.2, 0.25) is 0 Å². The molecule has 0 aliphatic carbocycles. The SMILES string of the molecule is C(=N/Nc1nc(-c2cccnc2)nc2ccccc12)/c1cccnc1. The monoisotopic (exact) mass is 326 g/mol. The van der Waals surface area contributed by atoms with Crippen molar-refractivity contribution >= 4 is 22.9 Å². The fraction of sp³-hybridized carbons (Fsp3) is 0. The number of hydrazone groups is 1. The summed E-state index contributed by atoms with van der Waals surface area (Å²) < 4.78 is 0. The molecule has 0 bridgehead atoms. The summed E-state index contributed by atoms with van der Waals surface area (Å²) in [5.74, 6) is 1.25. The molecule has 3 aromatic heterocycles. The zero-order chi connectivity index (χ0) is 16.9. The van der Waals surface area contributed by atoms with Gasteiger partial charge in [0.25, 0.3) is 0 Å². The van der Waals surface area contributed by atoms with Crippen LogP contribution in [0.15, 0.2) is 78.4 Å². The molecule has 1 aromatic carbocycles. The Balaban J connectivity index is 1.73. The van der Waals surface area contributed by atoms with Crippen LogP contribution < -0.4 is 5.43 Å². The molecule has 0 saturated heterocycles. The van der Waals surface area contributed by atoms with Crippen LogP contribution in [0.2, 0.25) is 0 Å². The van der Waals surface area contributed by atoms with Gasteiger partial charge in [-0.15, -0.1) is 0 Å². The maximum absolute atomic E-state index is 4.62. The molecule has 0 unspecified atom stereocenters. The van der Waals surface area contributed by atoms with Crippen LogP contribution in [0.1, 0.15) is 5.56 Å². The van der Waals surface area contributed by atoms with Crippen LogP contribution in [0.5, 0.6) is 0 Å². The molecule has 1 N–H and O–H groups in total. The highest BCUT2D eigenvalue weighted by atomic mass is 15.3. The first-order valence-electron chi connectivity index (χ1n) is 7.76. The summed E-state index contributed by atoms with van der Waals surface area (Å²) in [6, 6.07) is 15.4. The van der Waals surface area contributed by atoms with Crippen molar-refractivity contribution < 1.29 is 0 Å². The maximum atomic E-state index is 4.62. The van der Waals surface area contributed by atoms with E-state index in [0.29, 0.717) is 11.6 Å². The van der Waals surface area contributed by atoms with Gasteiger partial charge < -0.3 is 0 Å². The molecular formula is C19H14N6. The normalized spacial score (nSPS) is 11.0. The summed E-state index contributed by atoms with van der Waals surface area (Å²) in [5.41, 5.74) is 5.62. The Morgan fingerprint density at radius 3 is 2.48 bits per heavy atom. The Hall–Kier alpha value is -3.67. The standard InChI is InChI=1S/C19H14N6/c1-2-8-17-16(7-1)19(25-22-12-14-5-3-9-20-11-14)24-18(23-17)15-6-4-10-21-13-15/h1-13H,(H,23,24,25)/b22-12-. The molecule has 4 aromatic rings. The van der Waals surface area contributed by atoms with Crippen LogP contribution in [0.3, 0.4) is 0 Å². The smallest absolute Gasteiger partial charge is 0.163 e. The van der Waals surface area contributed by atoms with E-state index in [4.69, 9.17) is 0 Å². The summed E-state index contributed by atoms with van der Waals surface area (Å²) in [4.78, 5) is 17.4. The first kappa shape index (κ1) is 14.9. The van der Waals surface area contributed by atoms with Gasteiger partial charge in [0.15, 0.2) is 11.6 Å². The van der Waals surface area contributed by atoms with Crippen molar-refractivity contribution in [3.05, 3.63) is 78.9 Å². The molecule has 0 fully saturated rings. The molecule has 0 radical (unpaired) electrons. The van der Waals surface area contributed by atoms with E-state index in [1.807, 2.05) is 48.5 Å². The fourth-order valence-electron chi connectivity index (χ4n) is 2.41. The van der Waals surface area contributed by atoms with Crippen molar-refractivity contribution in [2.45, 2.75) is 0 Å². The summed E-state index contributed by atoms with van der Waals surface area (Å²) in [6.45, 7) is 0. The lowest BCUT2D eigenvalue weighted by atomic mass is 10.2. The van der Waals surface area contributed by atoms with Gasteiger partial charge in [-0.2, -0.15) is 5.10 Å². The molecule has 0 aliphatic heterocycles. The van der Waals surface area contributed by atoms with Crippen molar-refractivity contribution in [3.63, 3.8) is 0 Å². The van der Waals surface area contributed by atoms with Crippen LogP contribution in [0, 0.1) is 0 Å². The number of pyridine rings is 2. The summed E-state index contributed by atoms with van der Waals surface area (Å²) >= 11 is 0. The molecule has 4 rings (SSSR count). The third-order valence-corrected chi connectivity index (χ3v) is 3.59. The molecule has 3 heterocycles. The third-order valence-electron chi connectivity index (χ3n) is 3.59. The Bertz CT molecular complexity index is 1020. The topological polar surface area (TPSA) is 76.0 Å². The second-order valence-corrected chi connectivity index (χ2v) is 5.31. The van der Waals surface area contributed by atoms with Gasteiger partial charge in [-0.3, -0.25) is 15.4 Å². The molecule has 120 valence electrons. The fourth-order valence-corrected chi connectivity index (χ4v) is 2.41. The Labute approximate surface area is 144 Å². The number of anilines is 1. The number of benzene rings is 1. The molecule has 6 nitrogen and oxygen atoms in total. The van der Waals surface area contributed by atoms with E-state index in [9.17, 15) is 0 Å². The molecule has 0 amide bonds. The minimum absolute atomic E-state index is 0.603. The maximum Gasteiger partial charge on any atom is 0.163 e. The highest BCUT2D eigenvalue weighted by Crippen LogP contribution is 2.24. The molecule has 0 spiro atoms. The Morgan fingerprint density at radius 2 is 1.68 bits per heavy atom.